The molecule has 3 rings (SSSR count). The Kier molecular flexibility index (Phi) is 7.63. The molecule has 1 aromatic heterocycles. The highest BCUT2D eigenvalue weighted by molar-refractivity contribution is 5.93. The normalized spacial score (nSPS) is 11.3. The van der Waals surface area contributed by atoms with E-state index in [0.717, 1.165) is 37.6 Å². The number of unbranched alkanes of at least 4 members (excludes halogenated alkanes) is 1. The van der Waals surface area contributed by atoms with Crippen LogP contribution in [0, 0.1) is 6.92 Å². The van der Waals surface area contributed by atoms with E-state index in [-0.39, 0.29) is 5.56 Å². The Morgan fingerprint density at radius 1 is 0.931 bits per heavy atom. The molecule has 0 fully saturated rings. The van der Waals surface area contributed by atoms with Crippen LogP contribution in [0.4, 0.5) is 5.69 Å². The zero-order chi connectivity index (χ0) is 20.3. The van der Waals surface area contributed by atoms with Gasteiger partial charge < -0.3 is 15.2 Å². The monoisotopic (exact) mass is 388 g/mol. The molecule has 5 heteroatoms. The Balaban J connectivity index is 1.54. The molecule has 0 bridgehead atoms. The number of guanidine groups is 1. The number of anilines is 1. The summed E-state index contributed by atoms with van der Waals surface area (Å²) >= 11 is 0. The minimum atomic E-state index is 0.0477. The van der Waals surface area contributed by atoms with Crippen LogP contribution in [0.15, 0.2) is 88.8 Å². The van der Waals surface area contributed by atoms with Crippen LogP contribution in [0.5, 0.6) is 0 Å². The largest absolute Gasteiger partial charge is 0.356 e. The fourth-order valence-electron chi connectivity index (χ4n) is 2.92. The average molecular weight is 389 g/mol. The predicted octanol–water partition coefficient (Wildman–Crippen LogP) is 4.19. The Bertz CT molecular complexity index is 962. The summed E-state index contributed by atoms with van der Waals surface area (Å²) in [4.78, 5) is 16.5. The van der Waals surface area contributed by atoms with Crippen molar-refractivity contribution >= 4 is 11.6 Å². The maximum absolute atomic E-state index is 11.8. The van der Waals surface area contributed by atoms with Gasteiger partial charge in [-0.2, -0.15) is 0 Å². The van der Waals surface area contributed by atoms with Crippen molar-refractivity contribution in [1.29, 1.82) is 0 Å². The van der Waals surface area contributed by atoms with Crippen LogP contribution in [-0.2, 0) is 13.1 Å². The van der Waals surface area contributed by atoms with Crippen molar-refractivity contribution in [2.75, 3.05) is 11.9 Å². The van der Waals surface area contributed by atoms with Crippen molar-refractivity contribution in [2.24, 2.45) is 4.99 Å². The Hall–Kier alpha value is -3.34. The standard InChI is InChI=1S/C24H28N4O/c1-20-12-14-21(15-13-20)19-26-24(27-22-9-3-2-4-10-22)25-16-6-8-18-28-17-7-5-11-23(28)29/h2-5,7,9-15,17H,6,8,16,18-19H2,1H3,(H2,25,26,27). The van der Waals surface area contributed by atoms with Crippen LogP contribution in [0.2, 0.25) is 0 Å². The molecule has 0 aliphatic heterocycles. The van der Waals surface area contributed by atoms with Gasteiger partial charge in [-0.3, -0.25) is 4.79 Å². The lowest BCUT2D eigenvalue weighted by Gasteiger charge is -2.13. The summed E-state index contributed by atoms with van der Waals surface area (Å²) in [6, 6.07) is 23.7. The second kappa shape index (κ2) is 10.9. The molecule has 0 amide bonds. The number of pyridine rings is 1. The number of hydrogen-bond donors (Lipinski definition) is 2. The quantitative estimate of drug-likeness (QED) is 0.345. The smallest absolute Gasteiger partial charge is 0.250 e. The van der Waals surface area contributed by atoms with Gasteiger partial charge in [0.2, 0.25) is 5.56 Å². The minimum Gasteiger partial charge on any atom is -0.356 e. The number of aryl methyl sites for hydroxylation is 2. The molecule has 1 heterocycles. The molecule has 2 N–H and O–H groups in total. The summed E-state index contributed by atoms with van der Waals surface area (Å²) in [5.74, 6) is 0.758. The van der Waals surface area contributed by atoms with Gasteiger partial charge in [0.15, 0.2) is 5.96 Å². The van der Waals surface area contributed by atoms with Crippen LogP contribution in [-0.4, -0.2) is 17.1 Å². The first kappa shape index (κ1) is 20.4. The number of rotatable bonds is 8. The first-order chi connectivity index (χ1) is 14.2. The van der Waals surface area contributed by atoms with E-state index >= 15 is 0 Å². The highest BCUT2D eigenvalue weighted by atomic mass is 16.1. The van der Waals surface area contributed by atoms with Crippen LogP contribution >= 0.6 is 0 Å². The van der Waals surface area contributed by atoms with Gasteiger partial charge in [-0.15, -0.1) is 0 Å². The van der Waals surface area contributed by atoms with Gasteiger partial charge in [0.05, 0.1) is 6.54 Å². The van der Waals surface area contributed by atoms with Crippen molar-refractivity contribution < 1.29 is 0 Å². The second-order valence-electron chi connectivity index (χ2n) is 7.01. The lowest BCUT2D eigenvalue weighted by Crippen LogP contribution is -2.32. The van der Waals surface area contributed by atoms with E-state index < -0.39 is 0 Å². The summed E-state index contributed by atoms with van der Waals surface area (Å²) in [5, 5.41) is 6.76. The number of nitrogens with one attached hydrogen (secondary N) is 2. The summed E-state index contributed by atoms with van der Waals surface area (Å²) in [5.41, 5.74) is 3.47. The Labute approximate surface area is 172 Å². The van der Waals surface area contributed by atoms with E-state index in [0.29, 0.717) is 6.54 Å². The highest BCUT2D eigenvalue weighted by Gasteiger charge is 2.01. The number of nitrogens with zero attached hydrogens (tertiary/aromatic N) is 2. The molecule has 0 spiro atoms. The predicted molar refractivity (Wildman–Crippen MR) is 120 cm³/mol. The van der Waals surface area contributed by atoms with E-state index in [2.05, 4.69) is 41.8 Å². The van der Waals surface area contributed by atoms with Crippen molar-refractivity contribution in [3.8, 4) is 0 Å². The molecule has 150 valence electrons. The number of benzene rings is 2. The topological polar surface area (TPSA) is 58.4 Å². The third-order valence-electron chi connectivity index (χ3n) is 4.59. The van der Waals surface area contributed by atoms with Crippen molar-refractivity contribution in [3.63, 3.8) is 0 Å². The first-order valence-electron chi connectivity index (χ1n) is 10.0. The van der Waals surface area contributed by atoms with Crippen LogP contribution in [0.1, 0.15) is 24.0 Å². The van der Waals surface area contributed by atoms with E-state index in [9.17, 15) is 4.79 Å². The van der Waals surface area contributed by atoms with Crippen molar-refractivity contribution in [1.82, 2.24) is 9.88 Å². The van der Waals surface area contributed by atoms with Gasteiger partial charge in [-0.1, -0.05) is 54.1 Å². The van der Waals surface area contributed by atoms with Crippen LogP contribution < -0.4 is 16.2 Å². The fraction of sp³-hybridized carbons (Fsp3) is 0.250. The first-order valence-corrected chi connectivity index (χ1v) is 10.0. The number of aromatic nitrogens is 1. The summed E-state index contributed by atoms with van der Waals surface area (Å²) in [6.07, 6.45) is 3.70. The lowest BCUT2D eigenvalue weighted by molar-refractivity contribution is 0.588. The van der Waals surface area contributed by atoms with Gasteiger partial charge in [0.25, 0.3) is 0 Å². The summed E-state index contributed by atoms with van der Waals surface area (Å²) < 4.78 is 1.74. The third kappa shape index (κ3) is 6.96. The molecule has 29 heavy (non-hydrogen) atoms. The van der Waals surface area contributed by atoms with Gasteiger partial charge in [-0.05, 0) is 43.5 Å². The van der Waals surface area contributed by atoms with E-state index in [1.165, 1.54) is 11.1 Å². The Morgan fingerprint density at radius 2 is 1.69 bits per heavy atom. The zero-order valence-electron chi connectivity index (χ0n) is 16.8. The summed E-state index contributed by atoms with van der Waals surface area (Å²) in [7, 11) is 0. The van der Waals surface area contributed by atoms with Crippen molar-refractivity contribution in [3.05, 3.63) is 100 Å². The SMILES string of the molecule is Cc1ccc(CN=C(NCCCCn2ccccc2=O)Nc2ccccc2)cc1. The van der Waals surface area contributed by atoms with Crippen molar-refractivity contribution in [2.45, 2.75) is 32.9 Å². The van der Waals surface area contributed by atoms with Gasteiger partial charge >= 0.3 is 0 Å². The number of aliphatic imine (C=N–C) groups is 1. The van der Waals surface area contributed by atoms with E-state index in [4.69, 9.17) is 4.99 Å². The molecule has 3 aromatic rings. The molecule has 0 radical (unpaired) electrons. The molecule has 0 atom stereocenters. The van der Waals surface area contributed by atoms with Gasteiger partial charge in [-0.25, -0.2) is 4.99 Å². The zero-order valence-corrected chi connectivity index (χ0v) is 16.8. The molecule has 2 aromatic carbocycles. The highest BCUT2D eigenvalue weighted by Crippen LogP contribution is 2.07. The molecule has 0 saturated carbocycles. The molecular formula is C24H28N4O. The maximum Gasteiger partial charge on any atom is 0.250 e. The van der Waals surface area contributed by atoms with E-state index in [1.54, 1.807) is 16.7 Å². The fourth-order valence-corrected chi connectivity index (χ4v) is 2.92. The second-order valence-corrected chi connectivity index (χ2v) is 7.01. The maximum atomic E-state index is 11.8. The average Bonchev–Trinajstić information content (AvgIpc) is 2.74. The number of para-hydroxylation sites is 1. The Morgan fingerprint density at radius 3 is 2.45 bits per heavy atom. The summed E-state index contributed by atoms with van der Waals surface area (Å²) in [6.45, 7) is 4.21. The molecule has 0 saturated heterocycles. The van der Waals surface area contributed by atoms with E-state index in [1.807, 2.05) is 42.6 Å². The van der Waals surface area contributed by atoms with Gasteiger partial charge in [0.1, 0.15) is 0 Å². The number of hydrogen-bond acceptors (Lipinski definition) is 2. The molecule has 0 aliphatic rings. The third-order valence-corrected chi connectivity index (χ3v) is 4.59. The molecule has 5 nitrogen and oxygen atoms in total. The minimum absolute atomic E-state index is 0.0477. The molecule has 0 unspecified atom stereocenters. The molecule has 0 aliphatic carbocycles. The molecular weight excluding hydrogens is 360 g/mol. The van der Waals surface area contributed by atoms with Crippen LogP contribution in [0.25, 0.3) is 0 Å². The van der Waals surface area contributed by atoms with Crippen LogP contribution in [0.3, 0.4) is 0 Å². The lowest BCUT2D eigenvalue weighted by atomic mass is 10.1. The van der Waals surface area contributed by atoms with Gasteiger partial charge in [0, 0.05) is 31.0 Å².